The van der Waals surface area contributed by atoms with Gasteiger partial charge in [0.25, 0.3) is 0 Å². The molecule has 1 aromatic heterocycles. The number of carbonyl (C=O) groups is 1. The minimum absolute atomic E-state index is 0.0983. The van der Waals surface area contributed by atoms with Crippen molar-refractivity contribution in [2.24, 2.45) is 0 Å². The molecule has 1 aliphatic rings. The predicted molar refractivity (Wildman–Crippen MR) is 100 cm³/mol. The van der Waals surface area contributed by atoms with Gasteiger partial charge in [-0.3, -0.25) is 10.1 Å². The van der Waals surface area contributed by atoms with Crippen molar-refractivity contribution < 1.29 is 18.7 Å². The first-order chi connectivity index (χ1) is 13.3. The van der Waals surface area contributed by atoms with Crippen molar-refractivity contribution in [2.75, 3.05) is 24.3 Å². The predicted octanol–water partition coefficient (Wildman–Crippen LogP) is 3.16. The second-order valence-electron chi connectivity index (χ2n) is 5.81. The lowest BCUT2D eigenvalue weighted by molar-refractivity contribution is -0.113. The zero-order valence-electron chi connectivity index (χ0n) is 14.4. The van der Waals surface area contributed by atoms with E-state index in [0.717, 1.165) is 16.2 Å². The van der Waals surface area contributed by atoms with Gasteiger partial charge in [-0.05, 0) is 29.8 Å². The third-order valence-electron chi connectivity index (χ3n) is 3.79. The fraction of sp³-hybridized carbons (Fsp3) is 0.211. The van der Waals surface area contributed by atoms with Gasteiger partial charge in [0.1, 0.15) is 13.2 Å². The van der Waals surface area contributed by atoms with Gasteiger partial charge in [0, 0.05) is 4.90 Å². The molecule has 7 nitrogen and oxygen atoms in total. The Morgan fingerprint density at radius 2 is 1.85 bits per heavy atom. The molecule has 0 aliphatic carbocycles. The normalized spacial score (nSPS) is 12.6. The van der Waals surface area contributed by atoms with Crippen LogP contribution in [-0.4, -0.2) is 35.1 Å². The Labute approximate surface area is 160 Å². The van der Waals surface area contributed by atoms with E-state index in [2.05, 4.69) is 15.5 Å². The van der Waals surface area contributed by atoms with E-state index in [1.165, 1.54) is 11.8 Å². The summed E-state index contributed by atoms with van der Waals surface area (Å²) in [7, 11) is 0. The van der Waals surface area contributed by atoms with E-state index in [1.54, 1.807) is 0 Å². The largest absolute Gasteiger partial charge is 0.486 e. The maximum absolute atomic E-state index is 12.0. The second-order valence-corrected chi connectivity index (χ2v) is 6.85. The van der Waals surface area contributed by atoms with Crippen molar-refractivity contribution in [1.82, 2.24) is 10.2 Å². The highest BCUT2D eigenvalue weighted by Gasteiger charge is 2.14. The molecule has 0 saturated carbocycles. The van der Waals surface area contributed by atoms with Gasteiger partial charge in [-0.25, -0.2) is 0 Å². The molecule has 0 spiro atoms. The van der Waals surface area contributed by atoms with Crippen molar-refractivity contribution in [3.8, 4) is 11.5 Å². The number of rotatable bonds is 6. The SMILES string of the molecule is O=C(CSc1ccccc1)Nc1nnc(Cc2ccc3c(c2)OCCO3)o1. The number of hydrogen-bond acceptors (Lipinski definition) is 7. The van der Waals surface area contributed by atoms with Crippen LogP contribution < -0.4 is 14.8 Å². The van der Waals surface area contributed by atoms with Crippen molar-refractivity contribution in [3.05, 3.63) is 60.0 Å². The number of thioether (sulfide) groups is 1. The molecule has 3 aromatic rings. The monoisotopic (exact) mass is 383 g/mol. The minimum Gasteiger partial charge on any atom is -0.486 e. The molecule has 4 rings (SSSR count). The standard InChI is InChI=1S/C19H17N3O4S/c23-17(12-27-14-4-2-1-3-5-14)20-19-22-21-18(26-19)11-13-6-7-15-16(10-13)25-9-8-24-15/h1-7,10H,8-9,11-12H2,(H,20,22,23). The fourth-order valence-corrected chi connectivity index (χ4v) is 3.29. The average Bonchev–Trinajstić information content (AvgIpc) is 3.14. The maximum atomic E-state index is 12.0. The molecule has 1 N–H and O–H groups in total. The van der Waals surface area contributed by atoms with E-state index in [9.17, 15) is 4.79 Å². The minimum atomic E-state index is -0.196. The van der Waals surface area contributed by atoms with E-state index in [4.69, 9.17) is 13.9 Å². The van der Waals surface area contributed by atoms with Gasteiger partial charge >= 0.3 is 6.01 Å². The van der Waals surface area contributed by atoms with Gasteiger partial charge in [-0.15, -0.1) is 16.9 Å². The number of carbonyl (C=O) groups excluding carboxylic acids is 1. The van der Waals surface area contributed by atoms with Gasteiger partial charge in [-0.1, -0.05) is 29.4 Å². The van der Waals surface area contributed by atoms with Crippen LogP contribution in [0.25, 0.3) is 0 Å². The summed E-state index contributed by atoms with van der Waals surface area (Å²) in [6.45, 7) is 1.09. The Morgan fingerprint density at radius 1 is 1.04 bits per heavy atom. The fourth-order valence-electron chi connectivity index (χ4n) is 2.57. The lowest BCUT2D eigenvalue weighted by Gasteiger charge is -2.18. The van der Waals surface area contributed by atoms with E-state index in [0.29, 0.717) is 31.3 Å². The summed E-state index contributed by atoms with van der Waals surface area (Å²) >= 11 is 1.44. The summed E-state index contributed by atoms with van der Waals surface area (Å²) in [5.41, 5.74) is 0.959. The first-order valence-corrected chi connectivity index (χ1v) is 9.43. The molecule has 0 unspecified atom stereocenters. The molecule has 27 heavy (non-hydrogen) atoms. The molecule has 1 amide bonds. The topological polar surface area (TPSA) is 86.5 Å². The van der Waals surface area contributed by atoms with Gasteiger partial charge < -0.3 is 13.9 Å². The van der Waals surface area contributed by atoms with Crippen LogP contribution in [-0.2, 0) is 11.2 Å². The number of nitrogens with zero attached hydrogens (tertiary/aromatic N) is 2. The van der Waals surface area contributed by atoms with Crippen LogP contribution in [0.3, 0.4) is 0 Å². The van der Waals surface area contributed by atoms with Gasteiger partial charge in [-0.2, -0.15) is 0 Å². The first kappa shape index (κ1) is 17.4. The third kappa shape index (κ3) is 4.59. The Bertz CT molecular complexity index is 930. The van der Waals surface area contributed by atoms with Crippen molar-refractivity contribution in [2.45, 2.75) is 11.3 Å². The molecule has 0 radical (unpaired) electrons. The van der Waals surface area contributed by atoms with E-state index >= 15 is 0 Å². The highest BCUT2D eigenvalue weighted by molar-refractivity contribution is 8.00. The smallest absolute Gasteiger partial charge is 0.322 e. The Kier molecular flexibility index (Phi) is 5.24. The van der Waals surface area contributed by atoms with Crippen LogP contribution in [0.15, 0.2) is 57.8 Å². The van der Waals surface area contributed by atoms with Gasteiger partial charge in [0.2, 0.25) is 11.8 Å². The second kappa shape index (κ2) is 8.13. The van der Waals surface area contributed by atoms with Crippen LogP contribution in [0, 0.1) is 0 Å². The van der Waals surface area contributed by atoms with E-state index in [1.807, 2.05) is 48.5 Å². The lowest BCUT2D eigenvalue weighted by atomic mass is 10.1. The highest BCUT2D eigenvalue weighted by atomic mass is 32.2. The molecule has 2 heterocycles. The number of nitrogens with one attached hydrogen (secondary N) is 1. The molecule has 138 valence electrons. The summed E-state index contributed by atoms with van der Waals surface area (Å²) in [5.74, 6) is 1.93. The Hall–Kier alpha value is -3.00. The summed E-state index contributed by atoms with van der Waals surface area (Å²) in [4.78, 5) is 13.0. The molecular weight excluding hydrogens is 366 g/mol. The molecule has 0 bridgehead atoms. The quantitative estimate of drug-likeness (QED) is 0.654. The van der Waals surface area contributed by atoms with E-state index in [-0.39, 0.29) is 17.7 Å². The first-order valence-electron chi connectivity index (χ1n) is 8.45. The zero-order valence-corrected chi connectivity index (χ0v) is 15.2. The number of hydrogen-bond donors (Lipinski definition) is 1. The summed E-state index contributed by atoms with van der Waals surface area (Å²) < 4.78 is 16.6. The van der Waals surface area contributed by atoms with Crippen molar-refractivity contribution >= 4 is 23.7 Å². The number of amides is 1. The van der Waals surface area contributed by atoms with Crippen molar-refractivity contribution in [3.63, 3.8) is 0 Å². The lowest BCUT2D eigenvalue weighted by Crippen LogP contribution is -2.15. The molecule has 0 fully saturated rings. The van der Waals surface area contributed by atoms with Crippen molar-refractivity contribution in [1.29, 1.82) is 0 Å². The number of ether oxygens (including phenoxy) is 2. The number of aromatic nitrogens is 2. The molecular formula is C19H17N3O4S. The molecule has 1 aliphatic heterocycles. The van der Waals surface area contributed by atoms with Crippen LogP contribution in [0.5, 0.6) is 11.5 Å². The average molecular weight is 383 g/mol. The third-order valence-corrected chi connectivity index (χ3v) is 4.80. The number of anilines is 1. The number of benzene rings is 2. The Morgan fingerprint density at radius 3 is 2.70 bits per heavy atom. The molecule has 8 heteroatoms. The molecule has 2 aromatic carbocycles. The van der Waals surface area contributed by atoms with Gasteiger partial charge in [0.05, 0.1) is 12.2 Å². The van der Waals surface area contributed by atoms with E-state index < -0.39 is 0 Å². The molecule has 0 saturated heterocycles. The number of fused-ring (bicyclic) bond motifs is 1. The van der Waals surface area contributed by atoms with Crippen LogP contribution >= 0.6 is 11.8 Å². The van der Waals surface area contributed by atoms with Crippen LogP contribution in [0.1, 0.15) is 11.5 Å². The zero-order chi connectivity index (χ0) is 18.5. The van der Waals surface area contributed by atoms with Gasteiger partial charge in [0.15, 0.2) is 11.5 Å². The maximum Gasteiger partial charge on any atom is 0.322 e. The summed E-state index contributed by atoms with van der Waals surface area (Å²) in [6.07, 6.45) is 0.443. The molecule has 0 atom stereocenters. The highest BCUT2D eigenvalue weighted by Crippen LogP contribution is 2.31. The summed E-state index contributed by atoms with van der Waals surface area (Å²) in [5, 5.41) is 10.5. The van der Waals surface area contributed by atoms with Crippen LogP contribution in [0.2, 0.25) is 0 Å². The van der Waals surface area contributed by atoms with Crippen LogP contribution in [0.4, 0.5) is 6.01 Å². The summed E-state index contributed by atoms with van der Waals surface area (Å²) in [6, 6.07) is 15.5. The Balaban J connectivity index is 1.32.